The van der Waals surface area contributed by atoms with Crippen molar-refractivity contribution >= 4 is 39.4 Å². The van der Waals surface area contributed by atoms with Crippen LogP contribution in [0.25, 0.3) is 0 Å². The van der Waals surface area contributed by atoms with E-state index in [2.05, 4.69) is 58.1 Å². The topological polar surface area (TPSA) is 129 Å². The van der Waals surface area contributed by atoms with Gasteiger partial charge in [0.25, 0.3) is 6.47 Å². The number of anilines is 1. The maximum absolute atomic E-state index is 12.8. The van der Waals surface area contributed by atoms with Crippen molar-refractivity contribution in [1.29, 1.82) is 0 Å². The number of thiazole rings is 1. The quantitative estimate of drug-likeness (QED) is 0.259. The van der Waals surface area contributed by atoms with Gasteiger partial charge in [-0.2, -0.15) is 4.31 Å². The molecular formula is C30H39F3N4O6S2. The highest BCUT2D eigenvalue weighted by Crippen LogP contribution is 2.29. The van der Waals surface area contributed by atoms with Crippen LogP contribution in [0.1, 0.15) is 48.4 Å². The van der Waals surface area contributed by atoms with E-state index < -0.39 is 22.1 Å². The molecule has 1 aliphatic rings. The summed E-state index contributed by atoms with van der Waals surface area (Å²) in [5.74, 6) is -0.455. The van der Waals surface area contributed by atoms with Crippen molar-refractivity contribution in [3.8, 4) is 5.75 Å². The summed E-state index contributed by atoms with van der Waals surface area (Å²) in [5, 5.41) is 10.4. The molecule has 0 saturated carbocycles. The highest BCUT2D eigenvalue weighted by Gasteiger charge is 2.32. The molecule has 0 atom stereocenters. The summed E-state index contributed by atoms with van der Waals surface area (Å²) in [6.45, 7) is 8.22. The Morgan fingerprint density at radius 3 is 2.02 bits per heavy atom. The van der Waals surface area contributed by atoms with E-state index in [1.165, 1.54) is 21.2 Å². The number of carboxylic acid groups (broad SMARTS) is 1. The number of halogens is 3. The van der Waals surface area contributed by atoms with Crippen LogP contribution in [0.15, 0.2) is 53.4 Å². The Morgan fingerprint density at radius 1 is 0.956 bits per heavy atom. The van der Waals surface area contributed by atoms with Crippen molar-refractivity contribution in [1.82, 2.24) is 14.6 Å². The molecule has 248 valence electrons. The first-order valence-corrected chi connectivity index (χ1v) is 16.5. The van der Waals surface area contributed by atoms with Gasteiger partial charge in [0.1, 0.15) is 5.75 Å². The minimum absolute atomic E-state index is 0.0594. The zero-order valence-electron chi connectivity index (χ0n) is 25.4. The monoisotopic (exact) mass is 672 g/mol. The van der Waals surface area contributed by atoms with Crippen LogP contribution in [0, 0.1) is 6.92 Å². The van der Waals surface area contributed by atoms with Crippen LogP contribution in [0.5, 0.6) is 5.75 Å². The third kappa shape index (κ3) is 12.3. The molecule has 1 amide bonds. The van der Waals surface area contributed by atoms with Gasteiger partial charge in [-0.25, -0.2) is 13.4 Å². The van der Waals surface area contributed by atoms with Gasteiger partial charge >= 0.3 is 6.36 Å². The number of hydrogen-bond donors (Lipinski definition) is 2. The minimum Gasteiger partial charge on any atom is -0.483 e. The Hall–Kier alpha value is -3.69. The van der Waals surface area contributed by atoms with E-state index in [9.17, 15) is 26.4 Å². The van der Waals surface area contributed by atoms with Crippen molar-refractivity contribution < 1.29 is 41.0 Å². The molecule has 1 aliphatic heterocycles. The Labute approximate surface area is 265 Å². The van der Waals surface area contributed by atoms with E-state index >= 15 is 0 Å². The molecule has 0 spiro atoms. The van der Waals surface area contributed by atoms with E-state index in [0.29, 0.717) is 19.6 Å². The summed E-state index contributed by atoms with van der Waals surface area (Å²) in [7, 11) is -3.79. The fourth-order valence-corrected chi connectivity index (χ4v) is 7.00. The van der Waals surface area contributed by atoms with E-state index in [0.717, 1.165) is 66.3 Å². The number of aryl methyl sites for hydroxylation is 3. The number of rotatable bonds is 11. The summed E-state index contributed by atoms with van der Waals surface area (Å²) >= 11 is 1.64. The zero-order chi connectivity index (χ0) is 33.5. The lowest BCUT2D eigenvalue weighted by molar-refractivity contribution is -0.274. The number of nitrogens with one attached hydrogen (secondary N) is 1. The third-order valence-electron chi connectivity index (χ3n) is 6.51. The number of benzene rings is 2. The Balaban J connectivity index is 0.000000367. The number of carbonyl (C=O) groups excluding carboxylic acids is 1. The second kappa shape index (κ2) is 18.3. The van der Waals surface area contributed by atoms with E-state index in [1.807, 2.05) is 6.92 Å². The van der Waals surface area contributed by atoms with Crippen LogP contribution >= 0.6 is 11.3 Å². The molecule has 0 bridgehead atoms. The van der Waals surface area contributed by atoms with Gasteiger partial charge in [-0.3, -0.25) is 9.59 Å². The summed E-state index contributed by atoms with van der Waals surface area (Å²) in [4.78, 5) is 26.3. The Bertz CT molecular complexity index is 1430. The standard InChI is InChI=1S/C18H22F3N3O3S2.C11H15NO.CH2O2/c1-3-4-16-13(2)22-17(28-16)23-9-11-24(12-10-23)29(25,26)15-7-5-14(6-8-15)27-18(19,20)21;1-2-3-10-4-6-11(7-5-10)8-12-9-13;2-1-3/h5-8H,3-4,9-12H2,1-2H3;4-7,9H,2-3,8H2,1H3,(H,12,13);1H,(H,2,3). The number of alkyl halides is 3. The van der Waals surface area contributed by atoms with Gasteiger partial charge in [-0.05, 0) is 55.2 Å². The number of aromatic nitrogens is 1. The maximum atomic E-state index is 12.8. The first-order valence-electron chi connectivity index (χ1n) is 14.3. The lowest BCUT2D eigenvalue weighted by Gasteiger charge is -2.33. The van der Waals surface area contributed by atoms with Gasteiger partial charge in [0, 0.05) is 37.6 Å². The second-order valence-corrected chi connectivity index (χ2v) is 12.8. The summed E-state index contributed by atoms with van der Waals surface area (Å²) < 4.78 is 67.5. The predicted molar refractivity (Wildman–Crippen MR) is 167 cm³/mol. The van der Waals surface area contributed by atoms with Crippen LogP contribution < -0.4 is 15.0 Å². The first kappa shape index (κ1) is 37.5. The average molecular weight is 673 g/mol. The molecule has 45 heavy (non-hydrogen) atoms. The van der Waals surface area contributed by atoms with Crippen molar-refractivity contribution in [3.05, 3.63) is 70.2 Å². The number of carbonyl (C=O) groups is 2. The largest absolute Gasteiger partial charge is 0.573 e. The molecule has 0 unspecified atom stereocenters. The van der Waals surface area contributed by atoms with E-state index in [-0.39, 0.29) is 24.5 Å². The molecule has 1 fully saturated rings. The van der Waals surface area contributed by atoms with Crippen molar-refractivity contribution in [2.45, 2.75) is 64.3 Å². The van der Waals surface area contributed by atoms with Crippen molar-refractivity contribution in [2.24, 2.45) is 0 Å². The molecule has 0 aliphatic carbocycles. The average Bonchev–Trinajstić information content (AvgIpc) is 3.37. The molecule has 4 rings (SSSR count). The van der Waals surface area contributed by atoms with Gasteiger partial charge in [-0.1, -0.05) is 51.0 Å². The van der Waals surface area contributed by atoms with Crippen LogP contribution in [-0.4, -0.2) is 68.2 Å². The SMILES string of the molecule is CCCc1ccc(CNC=O)cc1.CCCc1sc(N2CCN(S(=O)(=O)c3ccc(OC(F)(F)F)cc3)CC2)nc1C.O=CO. The molecule has 1 aromatic heterocycles. The smallest absolute Gasteiger partial charge is 0.483 e. The number of amides is 1. The van der Waals surface area contributed by atoms with E-state index in [1.54, 1.807) is 11.3 Å². The molecule has 10 nitrogen and oxygen atoms in total. The number of nitrogens with zero attached hydrogens (tertiary/aromatic N) is 3. The van der Waals surface area contributed by atoms with Crippen molar-refractivity contribution in [2.75, 3.05) is 31.1 Å². The van der Waals surface area contributed by atoms with Gasteiger partial charge in [-0.15, -0.1) is 24.5 Å². The number of hydrogen-bond acceptors (Lipinski definition) is 8. The number of sulfonamides is 1. The molecule has 3 aromatic rings. The van der Waals surface area contributed by atoms with E-state index in [4.69, 9.17) is 9.90 Å². The number of piperazine rings is 1. The molecule has 2 aromatic carbocycles. The van der Waals surface area contributed by atoms with Gasteiger partial charge in [0.15, 0.2) is 5.13 Å². The zero-order valence-corrected chi connectivity index (χ0v) is 27.1. The highest BCUT2D eigenvalue weighted by atomic mass is 32.2. The van der Waals surface area contributed by atoms with Gasteiger partial charge in [0.05, 0.1) is 10.6 Å². The van der Waals surface area contributed by atoms with Gasteiger partial charge in [0.2, 0.25) is 16.4 Å². The van der Waals surface area contributed by atoms with Crippen LogP contribution in [-0.2, 0) is 39.0 Å². The van der Waals surface area contributed by atoms with Crippen LogP contribution in [0.2, 0.25) is 0 Å². The van der Waals surface area contributed by atoms with Crippen LogP contribution in [0.3, 0.4) is 0 Å². The maximum Gasteiger partial charge on any atom is 0.573 e. The lowest BCUT2D eigenvalue weighted by atomic mass is 10.1. The molecule has 2 N–H and O–H groups in total. The summed E-state index contributed by atoms with van der Waals surface area (Å²) in [6, 6.07) is 12.6. The molecule has 15 heteroatoms. The highest BCUT2D eigenvalue weighted by molar-refractivity contribution is 7.89. The normalized spacial score (nSPS) is 13.5. The Kier molecular flexibility index (Phi) is 15.3. The molecule has 2 heterocycles. The third-order valence-corrected chi connectivity index (χ3v) is 9.70. The summed E-state index contributed by atoms with van der Waals surface area (Å²) in [6.07, 6.45) is 0.225. The summed E-state index contributed by atoms with van der Waals surface area (Å²) in [5.41, 5.74) is 3.52. The van der Waals surface area contributed by atoms with Crippen molar-refractivity contribution in [3.63, 3.8) is 0 Å². The number of ether oxygens (including phenoxy) is 1. The second-order valence-electron chi connectivity index (χ2n) is 9.84. The van der Waals surface area contributed by atoms with Gasteiger partial charge < -0.3 is 20.1 Å². The minimum atomic E-state index is -4.82. The lowest BCUT2D eigenvalue weighted by Crippen LogP contribution is -2.48. The fraction of sp³-hybridized carbons (Fsp3) is 0.433. The van der Waals surface area contributed by atoms with Crippen LogP contribution in [0.4, 0.5) is 18.3 Å². The predicted octanol–water partition coefficient (Wildman–Crippen LogP) is 5.40. The molecule has 0 radical (unpaired) electrons. The molecular weight excluding hydrogens is 633 g/mol. The fourth-order valence-electron chi connectivity index (χ4n) is 4.36. The first-order chi connectivity index (χ1) is 21.4. The Morgan fingerprint density at radius 2 is 1.51 bits per heavy atom. The molecule has 1 saturated heterocycles.